The SMILES string of the molecule is c1ccc2nc(C3CCCOC3)ccc2c1. The molecule has 2 aromatic rings. The molecule has 0 N–H and O–H groups in total. The molecule has 1 aromatic carbocycles. The van der Waals surface area contributed by atoms with Gasteiger partial charge >= 0.3 is 0 Å². The lowest BCUT2D eigenvalue weighted by atomic mass is 9.97. The molecule has 82 valence electrons. The molecule has 0 amide bonds. The first-order valence-corrected chi connectivity index (χ1v) is 5.87. The van der Waals surface area contributed by atoms with Gasteiger partial charge in [0.1, 0.15) is 0 Å². The van der Waals surface area contributed by atoms with E-state index < -0.39 is 0 Å². The van der Waals surface area contributed by atoms with Crippen LogP contribution in [0.4, 0.5) is 0 Å². The zero-order valence-electron chi connectivity index (χ0n) is 9.23. The van der Waals surface area contributed by atoms with Crippen LogP contribution in [0.25, 0.3) is 10.9 Å². The number of nitrogens with zero attached hydrogens (tertiary/aromatic N) is 1. The quantitative estimate of drug-likeness (QED) is 0.726. The number of hydrogen-bond acceptors (Lipinski definition) is 2. The van der Waals surface area contributed by atoms with E-state index in [0.717, 1.165) is 25.2 Å². The third kappa shape index (κ3) is 1.81. The fraction of sp³-hybridized carbons (Fsp3) is 0.357. The molecule has 2 heteroatoms. The summed E-state index contributed by atoms with van der Waals surface area (Å²) in [5, 5.41) is 1.21. The Bertz CT molecular complexity index is 489. The molecule has 1 atom stereocenters. The first-order valence-electron chi connectivity index (χ1n) is 5.87. The summed E-state index contributed by atoms with van der Waals surface area (Å²) in [6.45, 7) is 1.73. The highest BCUT2D eigenvalue weighted by Crippen LogP contribution is 2.25. The zero-order valence-corrected chi connectivity index (χ0v) is 9.23. The van der Waals surface area contributed by atoms with Crippen LogP contribution >= 0.6 is 0 Å². The molecule has 0 radical (unpaired) electrons. The minimum absolute atomic E-state index is 0.485. The smallest absolute Gasteiger partial charge is 0.0705 e. The number of hydrogen-bond donors (Lipinski definition) is 0. The van der Waals surface area contributed by atoms with Gasteiger partial charge in [-0.05, 0) is 25.0 Å². The number of para-hydroxylation sites is 1. The third-order valence-electron chi connectivity index (χ3n) is 3.20. The van der Waals surface area contributed by atoms with E-state index >= 15 is 0 Å². The molecule has 16 heavy (non-hydrogen) atoms. The minimum atomic E-state index is 0.485. The Morgan fingerprint density at radius 1 is 1.12 bits per heavy atom. The highest BCUT2D eigenvalue weighted by Gasteiger charge is 2.17. The number of aromatic nitrogens is 1. The molecule has 1 unspecified atom stereocenters. The van der Waals surface area contributed by atoms with Crippen molar-refractivity contribution < 1.29 is 4.74 Å². The van der Waals surface area contributed by atoms with E-state index in [0.29, 0.717) is 5.92 Å². The van der Waals surface area contributed by atoms with Crippen molar-refractivity contribution in [3.63, 3.8) is 0 Å². The summed E-state index contributed by atoms with van der Waals surface area (Å²) in [5.41, 5.74) is 2.27. The maximum Gasteiger partial charge on any atom is 0.0705 e. The predicted molar refractivity (Wildman–Crippen MR) is 64.5 cm³/mol. The van der Waals surface area contributed by atoms with Crippen LogP contribution in [0.2, 0.25) is 0 Å². The Labute approximate surface area is 95.3 Å². The number of rotatable bonds is 1. The van der Waals surface area contributed by atoms with Crippen LogP contribution in [-0.2, 0) is 4.74 Å². The summed E-state index contributed by atoms with van der Waals surface area (Å²) in [6.07, 6.45) is 2.35. The van der Waals surface area contributed by atoms with Gasteiger partial charge in [-0.25, -0.2) is 0 Å². The monoisotopic (exact) mass is 213 g/mol. The van der Waals surface area contributed by atoms with Crippen molar-refractivity contribution in [3.05, 3.63) is 42.1 Å². The molecular formula is C14H15NO. The maximum absolute atomic E-state index is 5.51. The summed E-state index contributed by atoms with van der Waals surface area (Å²) in [5.74, 6) is 0.485. The van der Waals surface area contributed by atoms with Crippen molar-refractivity contribution in [1.82, 2.24) is 4.98 Å². The molecule has 1 fully saturated rings. The van der Waals surface area contributed by atoms with Crippen LogP contribution in [0.1, 0.15) is 24.5 Å². The molecule has 3 rings (SSSR count). The Balaban J connectivity index is 1.97. The van der Waals surface area contributed by atoms with Gasteiger partial charge in [0, 0.05) is 23.6 Å². The third-order valence-corrected chi connectivity index (χ3v) is 3.20. The van der Waals surface area contributed by atoms with Crippen molar-refractivity contribution >= 4 is 10.9 Å². The molecular weight excluding hydrogens is 198 g/mol. The summed E-state index contributed by atoms with van der Waals surface area (Å²) in [4.78, 5) is 4.72. The predicted octanol–water partition coefficient (Wildman–Crippen LogP) is 3.13. The Morgan fingerprint density at radius 3 is 2.94 bits per heavy atom. The average Bonchev–Trinajstić information content (AvgIpc) is 2.39. The lowest BCUT2D eigenvalue weighted by molar-refractivity contribution is 0.0794. The van der Waals surface area contributed by atoms with E-state index in [-0.39, 0.29) is 0 Å². The Hall–Kier alpha value is -1.41. The summed E-state index contributed by atoms with van der Waals surface area (Å²) in [7, 11) is 0. The van der Waals surface area contributed by atoms with Crippen molar-refractivity contribution in [2.24, 2.45) is 0 Å². The molecule has 2 heterocycles. The number of benzene rings is 1. The van der Waals surface area contributed by atoms with Crippen molar-refractivity contribution in [3.8, 4) is 0 Å². The second-order valence-corrected chi connectivity index (χ2v) is 4.34. The molecule has 1 saturated heterocycles. The first kappa shape index (κ1) is 9.79. The van der Waals surface area contributed by atoms with Gasteiger partial charge in [-0.2, -0.15) is 0 Å². The zero-order chi connectivity index (χ0) is 10.8. The lowest BCUT2D eigenvalue weighted by Gasteiger charge is -2.21. The van der Waals surface area contributed by atoms with Gasteiger partial charge < -0.3 is 4.74 Å². The van der Waals surface area contributed by atoms with Gasteiger partial charge in [0.15, 0.2) is 0 Å². The van der Waals surface area contributed by atoms with E-state index in [2.05, 4.69) is 24.3 Å². The normalized spacial score (nSPS) is 21.1. The maximum atomic E-state index is 5.51. The van der Waals surface area contributed by atoms with Gasteiger partial charge in [0.05, 0.1) is 12.1 Å². The van der Waals surface area contributed by atoms with E-state index in [1.807, 2.05) is 12.1 Å². The van der Waals surface area contributed by atoms with E-state index in [1.165, 1.54) is 17.5 Å². The van der Waals surface area contributed by atoms with Crippen LogP contribution in [0, 0.1) is 0 Å². The van der Waals surface area contributed by atoms with Crippen LogP contribution in [0.3, 0.4) is 0 Å². The van der Waals surface area contributed by atoms with Gasteiger partial charge in [0.25, 0.3) is 0 Å². The summed E-state index contributed by atoms with van der Waals surface area (Å²) in [6, 6.07) is 12.6. The molecule has 2 nitrogen and oxygen atoms in total. The molecule has 1 aliphatic heterocycles. The Kier molecular flexibility index (Phi) is 2.58. The van der Waals surface area contributed by atoms with Gasteiger partial charge in [-0.3, -0.25) is 4.98 Å². The fourth-order valence-electron chi connectivity index (χ4n) is 2.28. The van der Waals surface area contributed by atoms with Crippen molar-refractivity contribution in [1.29, 1.82) is 0 Å². The average molecular weight is 213 g/mol. The van der Waals surface area contributed by atoms with E-state index in [9.17, 15) is 0 Å². The van der Waals surface area contributed by atoms with Gasteiger partial charge in [-0.1, -0.05) is 24.3 Å². The van der Waals surface area contributed by atoms with Gasteiger partial charge in [0.2, 0.25) is 0 Å². The molecule has 1 aromatic heterocycles. The van der Waals surface area contributed by atoms with Crippen LogP contribution < -0.4 is 0 Å². The molecule has 0 aliphatic carbocycles. The molecule has 1 aliphatic rings. The first-order chi connectivity index (χ1) is 7.93. The van der Waals surface area contributed by atoms with Crippen LogP contribution in [-0.4, -0.2) is 18.2 Å². The molecule has 0 spiro atoms. The number of ether oxygens (including phenoxy) is 1. The van der Waals surface area contributed by atoms with Crippen molar-refractivity contribution in [2.45, 2.75) is 18.8 Å². The highest BCUT2D eigenvalue weighted by atomic mass is 16.5. The van der Waals surface area contributed by atoms with E-state index in [4.69, 9.17) is 9.72 Å². The molecule has 0 saturated carbocycles. The Morgan fingerprint density at radius 2 is 2.06 bits per heavy atom. The highest BCUT2D eigenvalue weighted by molar-refractivity contribution is 5.78. The topological polar surface area (TPSA) is 22.1 Å². The van der Waals surface area contributed by atoms with Crippen molar-refractivity contribution in [2.75, 3.05) is 13.2 Å². The fourth-order valence-corrected chi connectivity index (χ4v) is 2.28. The van der Waals surface area contributed by atoms with Crippen LogP contribution in [0.15, 0.2) is 36.4 Å². The van der Waals surface area contributed by atoms with Crippen LogP contribution in [0.5, 0.6) is 0 Å². The number of fused-ring (bicyclic) bond motifs is 1. The van der Waals surface area contributed by atoms with E-state index in [1.54, 1.807) is 0 Å². The second-order valence-electron chi connectivity index (χ2n) is 4.34. The summed E-state index contributed by atoms with van der Waals surface area (Å²) < 4.78 is 5.51. The lowest BCUT2D eigenvalue weighted by Crippen LogP contribution is -2.16. The molecule has 0 bridgehead atoms. The minimum Gasteiger partial charge on any atom is -0.381 e. The van der Waals surface area contributed by atoms with Gasteiger partial charge in [-0.15, -0.1) is 0 Å². The second kappa shape index (κ2) is 4.22. The largest absolute Gasteiger partial charge is 0.381 e. The summed E-state index contributed by atoms with van der Waals surface area (Å²) >= 11 is 0. The standard InChI is InChI=1S/C14H15NO/c1-2-6-13-11(4-1)7-8-14(15-13)12-5-3-9-16-10-12/h1-2,4,6-8,12H,3,5,9-10H2. The number of pyridine rings is 1.